The fraction of sp³-hybridized carbons (Fsp3) is 0.0588. The second-order valence-corrected chi connectivity index (χ2v) is 6.83. The Bertz CT molecular complexity index is 976. The minimum atomic E-state index is -0.649. The van der Waals surface area contributed by atoms with Gasteiger partial charge in [0.05, 0.1) is 4.92 Å². The fourth-order valence-corrected chi connectivity index (χ4v) is 3.24. The number of nitrogens with zero attached hydrogens (tertiary/aromatic N) is 2. The number of anilines is 1. The SMILES string of the molecule is O=C(Nc1ncc(Cc2ccc(F)cc2)s1)c1ccc(Cl)c([N+](=O)[O-])c1. The Labute approximate surface area is 156 Å². The standard InChI is InChI=1S/C17H11ClFN3O3S/c18-14-6-3-11(8-15(14)22(24)25)16(23)21-17-20-9-13(26-17)7-10-1-4-12(19)5-2-10/h1-6,8-9H,7H2,(H,20,21,23). The average Bonchev–Trinajstić information content (AvgIpc) is 3.04. The van der Waals surface area contributed by atoms with Crippen molar-refractivity contribution in [2.45, 2.75) is 6.42 Å². The summed E-state index contributed by atoms with van der Waals surface area (Å²) in [5, 5.41) is 13.8. The van der Waals surface area contributed by atoms with Crippen LogP contribution in [-0.2, 0) is 6.42 Å². The molecule has 1 amide bonds. The van der Waals surface area contributed by atoms with Crippen LogP contribution in [0, 0.1) is 15.9 Å². The largest absolute Gasteiger partial charge is 0.298 e. The third kappa shape index (κ3) is 4.22. The second kappa shape index (κ2) is 7.59. The molecule has 26 heavy (non-hydrogen) atoms. The number of carbonyl (C=O) groups excluding carboxylic acids is 1. The fourth-order valence-electron chi connectivity index (χ4n) is 2.21. The molecule has 0 atom stereocenters. The van der Waals surface area contributed by atoms with Gasteiger partial charge in [-0.1, -0.05) is 23.7 Å². The summed E-state index contributed by atoms with van der Waals surface area (Å²) in [5.74, 6) is -0.824. The lowest BCUT2D eigenvalue weighted by Crippen LogP contribution is -2.11. The van der Waals surface area contributed by atoms with Gasteiger partial charge in [-0.15, -0.1) is 11.3 Å². The van der Waals surface area contributed by atoms with E-state index in [0.29, 0.717) is 11.6 Å². The molecular formula is C17H11ClFN3O3S. The zero-order chi connectivity index (χ0) is 18.7. The molecule has 0 bridgehead atoms. The van der Waals surface area contributed by atoms with E-state index in [1.807, 2.05) is 0 Å². The molecule has 1 heterocycles. The maximum absolute atomic E-state index is 12.9. The minimum Gasteiger partial charge on any atom is -0.298 e. The Kier molecular flexibility index (Phi) is 5.24. The maximum Gasteiger partial charge on any atom is 0.288 e. The average molecular weight is 392 g/mol. The van der Waals surface area contributed by atoms with E-state index in [-0.39, 0.29) is 22.1 Å². The Morgan fingerprint density at radius 1 is 1.27 bits per heavy atom. The molecule has 2 aromatic carbocycles. The van der Waals surface area contributed by atoms with Gasteiger partial charge in [0.2, 0.25) is 0 Å². The summed E-state index contributed by atoms with van der Waals surface area (Å²) in [6.07, 6.45) is 2.17. The highest BCUT2D eigenvalue weighted by Crippen LogP contribution is 2.26. The van der Waals surface area contributed by atoms with E-state index in [1.165, 1.54) is 35.6 Å². The zero-order valence-corrected chi connectivity index (χ0v) is 14.7. The van der Waals surface area contributed by atoms with Crippen molar-refractivity contribution in [3.63, 3.8) is 0 Å². The third-order valence-electron chi connectivity index (χ3n) is 3.47. The monoisotopic (exact) mass is 391 g/mol. The summed E-state index contributed by atoms with van der Waals surface area (Å²) in [6, 6.07) is 9.94. The highest BCUT2D eigenvalue weighted by molar-refractivity contribution is 7.15. The predicted molar refractivity (Wildman–Crippen MR) is 97.4 cm³/mol. The van der Waals surface area contributed by atoms with Crippen LogP contribution in [-0.4, -0.2) is 15.8 Å². The molecule has 6 nitrogen and oxygen atoms in total. The van der Waals surface area contributed by atoms with Crippen LogP contribution in [0.2, 0.25) is 5.02 Å². The molecule has 0 spiro atoms. The smallest absolute Gasteiger partial charge is 0.288 e. The van der Waals surface area contributed by atoms with Crippen LogP contribution in [0.15, 0.2) is 48.7 Å². The number of hydrogen-bond donors (Lipinski definition) is 1. The molecule has 0 aliphatic rings. The number of nitro benzene ring substituents is 1. The van der Waals surface area contributed by atoms with E-state index in [4.69, 9.17) is 11.6 Å². The molecule has 9 heteroatoms. The zero-order valence-electron chi connectivity index (χ0n) is 13.1. The summed E-state index contributed by atoms with van der Waals surface area (Å²) in [6.45, 7) is 0. The van der Waals surface area contributed by atoms with E-state index in [0.717, 1.165) is 16.5 Å². The van der Waals surface area contributed by atoms with Crippen molar-refractivity contribution in [1.29, 1.82) is 0 Å². The highest BCUT2D eigenvalue weighted by atomic mass is 35.5. The normalized spacial score (nSPS) is 10.5. The van der Waals surface area contributed by atoms with Crippen molar-refractivity contribution in [2.75, 3.05) is 5.32 Å². The minimum absolute atomic E-state index is 0.0395. The Hall–Kier alpha value is -2.84. The number of aromatic nitrogens is 1. The molecule has 0 radical (unpaired) electrons. The predicted octanol–water partition coefficient (Wildman–Crippen LogP) is 4.69. The van der Waals surface area contributed by atoms with Crippen LogP contribution in [0.5, 0.6) is 0 Å². The van der Waals surface area contributed by atoms with Gasteiger partial charge in [0, 0.05) is 29.1 Å². The number of benzene rings is 2. The van der Waals surface area contributed by atoms with Gasteiger partial charge in [-0.2, -0.15) is 0 Å². The van der Waals surface area contributed by atoms with E-state index in [2.05, 4.69) is 10.3 Å². The lowest BCUT2D eigenvalue weighted by atomic mass is 10.1. The Balaban J connectivity index is 1.70. The first-order chi connectivity index (χ1) is 12.4. The van der Waals surface area contributed by atoms with Gasteiger partial charge < -0.3 is 0 Å². The van der Waals surface area contributed by atoms with Gasteiger partial charge in [0.1, 0.15) is 10.8 Å². The van der Waals surface area contributed by atoms with Crippen molar-refractivity contribution in [1.82, 2.24) is 4.98 Å². The number of thiazole rings is 1. The lowest BCUT2D eigenvalue weighted by Gasteiger charge is -2.02. The van der Waals surface area contributed by atoms with Gasteiger partial charge in [-0.3, -0.25) is 20.2 Å². The number of halogens is 2. The first-order valence-electron chi connectivity index (χ1n) is 7.37. The van der Waals surface area contributed by atoms with Crippen LogP contribution < -0.4 is 5.32 Å². The van der Waals surface area contributed by atoms with Crippen LogP contribution in [0.25, 0.3) is 0 Å². The lowest BCUT2D eigenvalue weighted by molar-refractivity contribution is -0.384. The molecule has 0 saturated heterocycles. The molecule has 0 saturated carbocycles. The molecule has 0 fully saturated rings. The molecule has 3 rings (SSSR count). The molecule has 0 aliphatic carbocycles. The number of amides is 1. The Morgan fingerprint density at radius 2 is 2.00 bits per heavy atom. The Morgan fingerprint density at radius 3 is 2.69 bits per heavy atom. The number of carbonyl (C=O) groups is 1. The summed E-state index contributed by atoms with van der Waals surface area (Å²) < 4.78 is 12.9. The van der Waals surface area contributed by atoms with Crippen LogP contribution >= 0.6 is 22.9 Å². The third-order valence-corrected chi connectivity index (χ3v) is 4.70. The van der Waals surface area contributed by atoms with E-state index in [1.54, 1.807) is 18.3 Å². The molecular weight excluding hydrogens is 381 g/mol. The van der Waals surface area contributed by atoms with Gasteiger partial charge in [-0.25, -0.2) is 9.37 Å². The quantitative estimate of drug-likeness (QED) is 0.505. The maximum atomic E-state index is 12.9. The molecule has 0 unspecified atom stereocenters. The molecule has 1 aromatic heterocycles. The number of hydrogen-bond acceptors (Lipinski definition) is 5. The van der Waals surface area contributed by atoms with E-state index in [9.17, 15) is 19.3 Å². The van der Waals surface area contributed by atoms with E-state index >= 15 is 0 Å². The van der Waals surface area contributed by atoms with Crippen molar-refractivity contribution in [2.24, 2.45) is 0 Å². The van der Waals surface area contributed by atoms with Crippen molar-refractivity contribution in [3.8, 4) is 0 Å². The summed E-state index contributed by atoms with van der Waals surface area (Å²) in [5.41, 5.74) is 0.688. The molecule has 1 N–H and O–H groups in total. The number of rotatable bonds is 5. The number of nitrogens with one attached hydrogen (secondary N) is 1. The van der Waals surface area contributed by atoms with Gasteiger partial charge >= 0.3 is 0 Å². The highest BCUT2D eigenvalue weighted by Gasteiger charge is 2.17. The van der Waals surface area contributed by atoms with Gasteiger partial charge in [0.25, 0.3) is 11.6 Å². The summed E-state index contributed by atoms with van der Waals surface area (Å²) in [4.78, 5) is 27.5. The van der Waals surface area contributed by atoms with Crippen LogP contribution in [0.4, 0.5) is 15.2 Å². The first kappa shape index (κ1) is 18.0. The van der Waals surface area contributed by atoms with Crippen LogP contribution in [0.1, 0.15) is 20.8 Å². The number of nitro groups is 1. The molecule has 0 aliphatic heterocycles. The summed E-state index contributed by atoms with van der Waals surface area (Å²) >= 11 is 7.01. The first-order valence-corrected chi connectivity index (χ1v) is 8.56. The molecule has 132 valence electrons. The van der Waals surface area contributed by atoms with Crippen LogP contribution in [0.3, 0.4) is 0 Å². The molecule has 3 aromatic rings. The van der Waals surface area contributed by atoms with Crippen molar-refractivity contribution in [3.05, 3.63) is 85.6 Å². The van der Waals surface area contributed by atoms with Gasteiger partial charge in [0.15, 0.2) is 5.13 Å². The van der Waals surface area contributed by atoms with Crippen molar-refractivity contribution >= 4 is 39.7 Å². The van der Waals surface area contributed by atoms with Gasteiger partial charge in [-0.05, 0) is 29.8 Å². The van der Waals surface area contributed by atoms with Crippen molar-refractivity contribution < 1.29 is 14.1 Å². The summed E-state index contributed by atoms with van der Waals surface area (Å²) in [7, 11) is 0. The topological polar surface area (TPSA) is 85.1 Å². The van der Waals surface area contributed by atoms with E-state index < -0.39 is 10.8 Å². The second-order valence-electron chi connectivity index (χ2n) is 5.31.